The van der Waals surface area contributed by atoms with Gasteiger partial charge in [-0.1, -0.05) is 45.2 Å². The van der Waals surface area contributed by atoms with Gasteiger partial charge in [0.25, 0.3) is 5.91 Å². The Morgan fingerprint density at radius 2 is 1.92 bits per heavy atom. The lowest BCUT2D eigenvalue weighted by Gasteiger charge is -2.29. The monoisotopic (exact) mass is 503 g/mol. The van der Waals surface area contributed by atoms with Gasteiger partial charge in [0.05, 0.1) is 31.3 Å². The molecule has 2 atom stereocenters. The van der Waals surface area contributed by atoms with Crippen molar-refractivity contribution in [1.29, 1.82) is 0 Å². The Labute approximate surface area is 209 Å². The summed E-state index contributed by atoms with van der Waals surface area (Å²) in [5.41, 5.74) is 0.612. The normalized spacial score (nSPS) is 12.3. The summed E-state index contributed by atoms with van der Waals surface area (Å²) in [6.07, 6.45) is 3.71. The first-order valence-electron chi connectivity index (χ1n) is 11.8. The Morgan fingerprint density at radius 3 is 2.56 bits per heavy atom. The van der Waals surface area contributed by atoms with Crippen molar-refractivity contribution in [3.05, 3.63) is 41.7 Å². The molecule has 0 saturated carbocycles. The highest BCUT2D eigenvalue weighted by Crippen LogP contribution is 2.33. The van der Waals surface area contributed by atoms with Gasteiger partial charge in [0.1, 0.15) is 0 Å². The summed E-state index contributed by atoms with van der Waals surface area (Å²) in [4.78, 5) is 48.2. The molecule has 11 nitrogen and oxygen atoms in total. The molecular formula is C25H33N3O8. The van der Waals surface area contributed by atoms with Crippen LogP contribution in [-0.4, -0.2) is 59.4 Å². The summed E-state index contributed by atoms with van der Waals surface area (Å²) in [5, 5.41) is 25.8. The van der Waals surface area contributed by atoms with Crippen LogP contribution in [0.25, 0.3) is 11.3 Å². The van der Waals surface area contributed by atoms with Gasteiger partial charge in [-0.2, -0.15) is 0 Å². The summed E-state index contributed by atoms with van der Waals surface area (Å²) in [5.74, 6) is -2.83. The topological polar surface area (TPSA) is 158 Å². The van der Waals surface area contributed by atoms with Crippen molar-refractivity contribution in [2.75, 3.05) is 13.8 Å². The third-order valence-corrected chi connectivity index (χ3v) is 5.78. The van der Waals surface area contributed by atoms with Crippen LogP contribution in [0.2, 0.25) is 0 Å². The van der Waals surface area contributed by atoms with Gasteiger partial charge in [-0.05, 0) is 25.0 Å². The summed E-state index contributed by atoms with van der Waals surface area (Å²) in [7, 11) is 1.25. The number of unbranched alkanes of at least 4 members (excludes halogenated alkanes) is 2. The van der Waals surface area contributed by atoms with Crippen molar-refractivity contribution >= 4 is 24.2 Å². The maximum absolute atomic E-state index is 12.8. The minimum absolute atomic E-state index is 0.00591. The fourth-order valence-electron chi connectivity index (χ4n) is 3.88. The molecule has 0 bridgehead atoms. The summed E-state index contributed by atoms with van der Waals surface area (Å²) < 4.78 is 10.2. The van der Waals surface area contributed by atoms with E-state index < -0.39 is 29.7 Å². The van der Waals surface area contributed by atoms with E-state index in [1.807, 2.05) is 6.92 Å². The lowest BCUT2D eigenvalue weighted by atomic mass is 9.90. The van der Waals surface area contributed by atoms with Crippen molar-refractivity contribution in [2.45, 2.75) is 52.0 Å². The predicted molar refractivity (Wildman–Crippen MR) is 129 cm³/mol. The van der Waals surface area contributed by atoms with Crippen LogP contribution < -0.4 is 10.6 Å². The number of amides is 3. The molecule has 4 N–H and O–H groups in total. The highest BCUT2D eigenvalue weighted by atomic mass is 16.5. The van der Waals surface area contributed by atoms with E-state index in [0.717, 1.165) is 25.3 Å². The third-order valence-electron chi connectivity index (χ3n) is 5.78. The number of esters is 1. The largest absolute Gasteiger partial charge is 0.504 e. The number of benzene rings is 1. The Balaban J connectivity index is 2.05. The van der Waals surface area contributed by atoms with Crippen molar-refractivity contribution in [3.63, 3.8) is 0 Å². The van der Waals surface area contributed by atoms with Gasteiger partial charge in [-0.3, -0.25) is 19.6 Å². The molecule has 0 spiro atoms. The van der Waals surface area contributed by atoms with Gasteiger partial charge < -0.3 is 24.9 Å². The molecule has 1 aromatic heterocycles. The number of aromatic hydroxyl groups is 1. The number of furan rings is 1. The quantitative estimate of drug-likeness (QED) is 0.0765. The highest BCUT2D eigenvalue weighted by molar-refractivity contribution is 5.94. The van der Waals surface area contributed by atoms with Crippen LogP contribution in [0.15, 0.2) is 34.7 Å². The maximum atomic E-state index is 12.8. The van der Waals surface area contributed by atoms with E-state index in [4.69, 9.17) is 4.42 Å². The Morgan fingerprint density at radius 1 is 1.17 bits per heavy atom. The van der Waals surface area contributed by atoms with Gasteiger partial charge in [0.15, 0.2) is 17.3 Å². The van der Waals surface area contributed by atoms with Gasteiger partial charge in [-0.25, -0.2) is 9.86 Å². The number of carbonyl (C=O) groups excluding carboxylic acids is 4. The average molecular weight is 504 g/mol. The van der Waals surface area contributed by atoms with Crippen molar-refractivity contribution in [1.82, 2.24) is 15.7 Å². The van der Waals surface area contributed by atoms with Gasteiger partial charge in [0.2, 0.25) is 12.3 Å². The summed E-state index contributed by atoms with van der Waals surface area (Å²) in [6.45, 7) is 3.56. The first-order chi connectivity index (χ1) is 17.3. The molecule has 196 valence electrons. The lowest BCUT2D eigenvalue weighted by molar-refractivity contribution is -0.168. The van der Waals surface area contributed by atoms with E-state index in [0.29, 0.717) is 23.5 Å². The van der Waals surface area contributed by atoms with Crippen molar-refractivity contribution in [2.24, 2.45) is 5.92 Å². The SMILES string of the molecule is CCCCC[C@@H](C(=O)NCNC(=O)c1cc(O)c(-c2cccc(C(=O)OC)c2)o1)[C@@H](CC)N(O)C=O. The van der Waals surface area contributed by atoms with Crippen LogP contribution in [0.5, 0.6) is 5.75 Å². The second-order valence-electron chi connectivity index (χ2n) is 8.18. The van der Waals surface area contributed by atoms with Crippen LogP contribution in [0.3, 0.4) is 0 Å². The summed E-state index contributed by atoms with van der Waals surface area (Å²) >= 11 is 0. The van der Waals surface area contributed by atoms with E-state index in [2.05, 4.69) is 15.4 Å². The van der Waals surface area contributed by atoms with Crippen LogP contribution in [0.4, 0.5) is 0 Å². The maximum Gasteiger partial charge on any atom is 0.337 e. The van der Waals surface area contributed by atoms with Crippen LogP contribution >= 0.6 is 0 Å². The zero-order chi connectivity index (χ0) is 26.7. The van der Waals surface area contributed by atoms with E-state index >= 15 is 0 Å². The second kappa shape index (κ2) is 13.9. The minimum atomic E-state index is -0.694. The number of hydrogen-bond acceptors (Lipinski definition) is 8. The van der Waals surface area contributed by atoms with Gasteiger partial charge in [0, 0.05) is 11.6 Å². The molecular weight excluding hydrogens is 470 g/mol. The fraction of sp³-hybridized carbons (Fsp3) is 0.440. The molecule has 0 fully saturated rings. The highest BCUT2D eigenvalue weighted by Gasteiger charge is 2.30. The molecule has 11 heteroatoms. The molecule has 0 saturated heterocycles. The first-order valence-corrected chi connectivity index (χ1v) is 11.8. The number of hydrogen-bond donors (Lipinski definition) is 4. The number of nitrogens with one attached hydrogen (secondary N) is 2. The molecule has 1 aromatic carbocycles. The van der Waals surface area contributed by atoms with Gasteiger partial charge in [-0.15, -0.1) is 0 Å². The van der Waals surface area contributed by atoms with Crippen LogP contribution in [0.1, 0.15) is 66.9 Å². The number of nitrogens with zero attached hydrogens (tertiary/aromatic N) is 1. The number of methoxy groups -OCH3 is 1. The molecule has 3 amide bonds. The lowest BCUT2D eigenvalue weighted by Crippen LogP contribution is -2.47. The molecule has 0 unspecified atom stereocenters. The molecule has 2 aromatic rings. The zero-order valence-electron chi connectivity index (χ0n) is 20.7. The number of carbonyl (C=O) groups is 4. The number of rotatable bonds is 14. The first kappa shape index (κ1) is 28.4. The predicted octanol–water partition coefficient (Wildman–Crippen LogP) is 3.07. The van der Waals surface area contributed by atoms with Crippen molar-refractivity contribution in [3.8, 4) is 17.1 Å². The minimum Gasteiger partial charge on any atom is -0.504 e. The smallest absolute Gasteiger partial charge is 0.337 e. The van der Waals surface area contributed by atoms with Gasteiger partial charge >= 0.3 is 5.97 Å². The van der Waals surface area contributed by atoms with Crippen molar-refractivity contribution < 1.29 is 38.6 Å². The zero-order valence-corrected chi connectivity index (χ0v) is 20.7. The Kier molecular flexibility index (Phi) is 10.9. The number of hydroxylamine groups is 2. The van der Waals surface area contributed by atoms with Crippen LogP contribution in [-0.2, 0) is 14.3 Å². The molecule has 2 rings (SSSR count). The molecule has 0 aliphatic carbocycles. The molecule has 1 heterocycles. The molecule has 0 aliphatic rings. The molecule has 0 radical (unpaired) electrons. The third kappa shape index (κ3) is 7.32. The van der Waals surface area contributed by atoms with Crippen LogP contribution in [0, 0.1) is 5.92 Å². The fourth-order valence-corrected chi connectivity index (χ4v) is 3.88. The average Bonchev–Trinajstić information content (AvgIpc) is 3.29. The van der Waals surface area contributed by atoms with E-state index in [-0.39, 0.29) is 35.9 Å². The number of ether oxygens (including phenoxy) is 1. The molecule has 0 aliphatic heterocycles. The Hall–Kier alpha value is -3.86. The summed E-state index contributed by atoms with van der Waals surface area (Å²) in [6, 6.07) is 6.61. The standard InChI is InChI=1S/C25H33N3O8/c1-4-6-7-11-18(19(5-2)28(34)15-29)23(31)26-14-27-24(32)21-13-20(30)22(36-21)16-9-8-10-17(12-16)25(33)35-3/h8-10,12-13,15,18-19,30,34H,4-7,11,14H2,1-3H3,(H,26,31)(H,27,32)/t18-,19-/m1/s1. The second-order valence-corrected chi connectivity index (χ2v) is 8.18. The Bertz CT molecular complexity index is 1050. The van der Waals surface area contributed by atoms with E-state index in [1.54, 1.807) is 19.1 Å². The van der Waals surface area contributed by atoms with E-state index in [9.17, 15) is 29.5 Å². The van der Waals surface area contributed by atoms with E-state index in [1.165, 1.54) is 19.2 Å². The molecule has 36 heavy (non-hydrogen) atoms.